The van der Waals surface area contributed by atoms with Crippen LogP contribution in [0.4, 0.5) is 0 Å². The minimum atomic E-state index is 0.463. The van der Waals surface area contributed by atoms with Gasteiger partial charge in [-0.15, -0.1) is 11.8 Å². The van der Waals surface area contributed by atoms with Crippen molar-refractivity contribution in [1.29, 1.82) is 0 Å². The van der Waals surface area contributed by atoms with E-state index in [4.69, 9.17) is 4.74 Å². The molecule has 0 aliphatic carbocycles. The lowest BCUT2D eigenvalue weighted by Crippen LogP contribution is -1.90. The van der Waals surface area contributed by atoms with Crippen molar-refractivity contribution in [3.05, 3.63) is 0 Å². The maximum absolute atomic E-state index is 5.12. The minimum absolute atomic E-state index is 0.463. The molecule has 0 spiro atoms. The fourth-order valence-electron chi connectivity index (χ4n) is 0.476. The van der Waals surface area contributed by atoms with Crippen LogP contribution in [-0.4, -0.2) is 17.8 Å². The zero-order valence-corrected chi connectivity index (χ0v) is 4.62. The van der Waals surface area contributed by atoms with E-state index in [0.717, 1.165) is 6.61 Å². The average molecular weight is 104 g/mol. The van der Waals surface area contributed by atoms with E-state index in [1.807, 2.05) is 11.8 Å². The van der Waals surface area contributed by atoms with E-state index >= 15 is 0 Å². The minimum Gasteiger partial charge on any atom is -0.367 e. The van der Waals surface area contributed by atoms with Crippen LogP contribution in [0.5, 0.6) is 0 Å². The number of thioether (sulfide) groups is 1. The molecule has 1 heterocycles. The van der Waals surface area contributed by atoms with Crippen molar-refractivity contribution >= 4 is 11.8 Å². The van der Waals surface area contributed by atoms with Gasteiger partial charge in [0, 0.05) is 5.75 Å². The van der Waals surface area contributed by atoms with Crippen molar-refractivity contribution in [1.82, 2.24) is 0 Å². The summed E-state index contributed by atoms with van der Waals surface area (Å²) in [6.07, 6.45) is 0. The van der Waals surface area contributed by atoms with Crippen molar-refractivity contribution in [3.63, 3.8) is 0 Å². The van der Waals surface area contributed by atoms with Crippen LogP contribution in [0.15, 0.2) is 0 Å². The van der Waals surface area contributed by atoms with Gasteiger partial charge < -0.3 is 4.74 Å². The van der Waals surface area contributed by atoms with E-state index in [2.05, 4.69) is 6.92 Å². The van der Waals surface area contributed by atoms with E-state index < -0.39 is 0 Å². The Kier molecular flexibility index (Phi) is 1.37. The normalized spacial score (nSPS) is 34.5. The van der Waals surface area contributed by atoms with Gasteiger partial charge in [0.15, 0.2) is 0 Å². The first-order valence-corrected chi connectivity index (χ1v) is 3.17. The standard InChI is InChI=1S/C4H8OS/c1-4-5-2-3-6-4/h4H,2-3H2,1H3/t4-/m0/s1. The summed E-state index contributed by atoms with van der Waals surface area (Å²) >= 11 is 1.87. The van der Waals surface area contributed by atoms with Crippen LogP contribution >= 0.6 is 11.8 Å². The summed E-state index contributed by atoms with van der Waals surface area (Å²) in [6.45, 7) is 3.03. The van der Waals surface area contributed by atoms with Gasteiger partial charge in [-0.2, -0.15) is 0 Å². The highest BCUT2D eigenvalue weighted by Gasteiger charge is 2.07. The SMILES string of the molecule is C[C@H]1OCCS1. The molecule has 36 valence electrons. The van der Waals surface area contributed by atoms with Crippen molar-refractivity contribution in [2.24, 2.45) is 0 Å². The van der Waals surface area contributed by atoms with Gasteiger partial charge in [0.25, 0.3) is 0 Å². The first-order valence-electron chi connectivity index (χ1n) is 2.13. The summed E-state index contributed by atoms with van der Waals surface area (Å²) in [5.41, 5.74) is 0.463. The van der Waals surface area contributed by atoms with Crippen LogP contribution in [0, 0.1) is 0 Å². The van der Waals surface area contributed by atoms with Gasteiger partial charge in [-0.05, 0) is 6.92 Å². The molecule has 0 aromatic carbocycles. The zero-order valence-electron chi connectivity index (χ0n) is 3.81. The number of rotatable bonds is 0. The predicted octanol–water partition coefficient (Wildman–Crippen LogP) is 1.10. The Balaban J connectivity index is 2.18. The Morgan fingerprint density at radius 2 is 2.67 bits per heavy atom. The third-order valence-electron chi connectivity index (χ3n) is 0.788. The highest BCUT2D eigenvalue weighted by atomic mass is 32.2. The van der Waals surface area contributed by atoms with Crippen LogP contribution in [0.2, 0.25) is 0 Å². The highest BCUT2D eigenvalue weighted by Crippen LogP contribution is 2.17. The molecule has 0 N–H and O–H groups in total. The zero-order chi connectivity index (χ0) is 4.41. The lowest BCUT2D eigenvalue weighted by molar-refractivity contribution is 0.156. The highest BCUT2D eigenvalue weighted by molar-refractivity contribution is 7.99. The molecule has 0 unspecified atom stereocenters. The molecule has 0 saturated carbocycles. The summed E-state index contributed by atoms with van der Waals surface area (Å²) < 4.78 is 5.12. The molecule has 1 atom stereocenters. The monoisotopic (exact) mass is 104 g/mol. The summed E-state index contributed by atoms with van der Waals surface area (Å²) in [5.74, 6) is 1.18. The fraction of sp³-hybridized carbons (Fsp3) is 1.00. The molecular weight excluding hydrogens is 96.1 g/mol. The second-order valence-electron chi connectivity index (χ2n) is 1.31. The molecule has 1 aliphatic heterocycles. The predicted molar refractivity (Wildman–Crippen MR) is 27.9 cm³/mol. The van der Waals surface area contributed by atoms with Crippen LogP contribution in [0.3, 0.4) is 0 Å². The van der Waals surface area contributed by atoms with Gasteiger partial charge in [-0.3, -0.25) is 0 Å². The first kappa shape index (κ1) is 4.47. The quantitative estimate of drug-likeness (QED) is 0.455. The third kappa shape index (κ3) is 0.884. The van der Waals surface area contributed by atoms with Crippen molar-refractivity contribution in [3.8, 4) is 0 Å². The maximum Gasteiger partial charge on any atom is 0.100 e. The summed E-state index contributed by atoms with van der Waals surface area (Å²) in [6, 6.07) is 0. The molecule has 0 radical (unpaired) electrons. The molecule has 2 heteroatoms. The number of ether oxygens (including phenoxy) is 1. The Labute approximate surface area is 42.1 Å². The van der Waals surface area contributed by atoms with Crippen molar-refractivity contribution in [2.75, 3.05) is 12.4 Å². The van der Waals surface area contributed by atoms with Crippen LogP contribution in [-0.2, 0) is 4.74 Å². The topological polar surface area (TPSA) is 9.23 Å². The van der Waals surface area contributed by atoms with Gasteiger partial charge in [0.2, 0.25) is 0 Å². The van der Waals surface area contributed by atoms with E-state index in [1.165, 1.54) is 5.75 Å². The Hall–Kier alpha value is 0.310. The van der Waals surface area contributed by atoms with Crippen LogP contribution in [0.1, 0.15) is 6.92 Å². The van der Waals surface area contributed by atoms with Gasteiger partial charge in [0.1, 0.15) is 5.44 Å². The second-order valence-corrected chi connectivity index (χ2v) is 2.71. The van der Waals surface area contributed by atoms with Gasteiger partial charge in [0.05, 0.1) is 6.61 Å². The maximum atomic E-state index is 5.12. The smallest absolute Gasteiger partial charge is 0.100 e. The molecular formula is C4H8OS. The molecule has 1 rings (SSSR count). The second kappa shape index (κ2) is 1.85. The van der Waals surface area contributed by atoms with E-state index in [-0.39, 0.29) is 0 Å². The molecule has 1 nitrogen and oxygen atoms in total. The Bertz CT molecular complexity index is 40.8. The lowest BCUT2D eigenvalue weighted by atomic mass is 10.8. The molecule has 1 saturated heterocycles. The van der Waals surface area contributed by atoms with Crippen molar-refractivity contribution < 1.29 is 4.74 Å². The van der Waals surface area contributed by atoms with Gasteiger partial charge in [-0.1, -0.05) is 0 Å². The van der Waals surface area contributed by atoms with Gasteiger partial charge in [-0.25, -0.2) is 0 Å². The van der Waals surface area contributed by atoms with Crippen molar-refractivity contribution in [2.45, 2.75) is 12.4 Å². The Morgan fingerprint density at radius 3 is 2.83 bits per heavy atom. The molecule has 1 aliphatic rings. The fourth-order valence-corrected chi connectivity index (χ4v) is 1.19. The largest absolute Gasteiger partial charge is 0.367 e. The summed E-state index contributed by atoms with van der Waals surface area (Å²) in [7, 11) is 0. The van der Waals surface area contributed by atoms with Crippen LogP contribution < -0.4 is 0 Å². The summed E-state index contributed by atoms with van der Waals surface area (Å²) in [5, 5.41) is 0. The van der Waals surface area contributed by atoms with E-state index in [0.29, 0.717) is 5.44 Å². The molecule has 0 amide bonds. The first-order chi connectivity index (χ1) is 2.89. The molecule has 0 aromatic rings. The van der Waals surface area contributed by atoms with E-state index in [9.17, 15) is 0 Å². The van der Waals surface area contributed by atoms with Crippen LogP contribution in [0.25, 0.3) is 0 Å². The lowest BCUT2D eigenvalue weighted by Gasteiger charge is -1.93. The summed E-state index contributed by atoms with van der Waals surface area (Å²) in [4.78, 5) is 0. The average Bonchev–Trinajstić information content (AvgIpc) is 1.86. The Morgan fingerprint density at radius 1 is 1.83 bits per heavy atom. The van der Waals surface area contributed by atoms with Gasteiger partial charge >= 0.3 is 0 Å². The molecule has 1 fully saturated rings. The third-order valence-corrected chi connectivity index (χ3v) is 1.80. The number of hydrogen-bond donors (Lipinski definition) is 0. The molecule has 6 heavy (non-hydrogen) atoms. The molecule has 0 bridgehead atoms. The number of hydrogen-bond acceptors (Lipinski definition) is 2. The molecule has 0 aromatic heterocycles. The van der Waals surface area contributed by atoms with E-state index in [1.54, 1.807) is 0 Å².